The number of esters is 1. The molecule has 1 amide bonds. The van der Waals surface area contributed by atoms with Crippen LogP contribution in [0.4, 0.5) is 0 Å². The zero-order valence-electron chi connectivity index (χ0n) is 14.7. The molecule has 25 heavy (non-hydrogen) atoms. The maximum Gasteiger partial charge on any atom is 0.325 e. The molecule has 0 unspecified atom stereocenters. The third kappa shape index (κ3) is 5.65. The lowest BCUT2D eigenvalue weighted by Crippen LogP contribution is -2.39. The summed E-state index contributed by atoms with van der Waals surface area (Å²) in [5.41, 5.74) is 2.84. The minimum atomic E-state index is -0.446. The average molecular weight is 362 g/mol. The van der Waals surface area contributed by atoms with E-state index in [1.807, 2.05) is 36.6 Å². The molecule has 0 spiro atoms. The van der Waals surface area contributed by atoms with Gasteiger partial charge in [0.15, 0.2) is 0 Å². The average Bonchev–Trinajstić information content (AvgIpc) is 3.05. The summed E-state index contributed by atoms with van der Waals surface area (Å²) in [7, 11) is 2.86. The predicted octanol–water partition coefficient (Wildman–Crippen LogP) is 2.31. The molecule has 0 radical (unpaired) electrons. The molecule has 6 nitrogen and oxygen atoms in total. The van der Waals surface area contributed by atoms with Gasteiger partial charge >= 0.3 is 5.97 Å². The molecule has 0 atom stereocenters. The number of aryl methyl sites for hydroxylation is 1. The maximum absolute atomic E-state index is 12.5. The van der Waals surface area contributed by atoms with Crippen molar-refractivity contribution in [3.8, 4) is 11.3 Å². The van der Waals surface area contributed by atoms with E-state index in [2.05, 4.69) is 9.72 Å². The molecule has 0 saturated heterocycles. The Morgan fingerprint density at radius 2 is 1.92 bits per heavy atom. The van der Waals surface area contributed by atoms with Crippen molar-refractivity contribution < 1.29 is 19.1 Å². The van der Waals surface area contributed by atoms with E-state index < -0.39 is 5.97 Å². The normalized spacial score (nSPS) is 10.5. The maximum atomic E-state index is 12.5. The highest BCUT2D eigenvalue weighted by atomic mass is 32.1. The highest BCUT2D eigenvalue weighted by Crippen LogP contribution is 2.22. The van der Waals surface area contributed by atoms with E-state index in [4.69, 9.17) is 4.74 Å². The van der Waals surface area contributed by atoms with Gasteiger partial charge in [0.25, 0.3) is 0 Å². The first kappa shape index (κ1) is 19.1. The molecule has 2 aromatic rings. The summed E-state index contributed by atoms with van der Waals surface area (Å²) in [6.07, 6.45) is 0.219. The number of methoxy groups -OCH3 is 2. The Labute approximate surface area is 151 Å². The van der Waals surface area contributed by atoms with Crippen LogP contribution in [0.5, 0.6) is 0 Å². The zero-order valence-corrected chi connectivity index (χ0v) is 15.5. The molecule has 1 aromatic carbocycles. The van der Waals surface area contributed by atoms with E-state index in [9.17, 15) is 9.59 Å². The molecule has 0 saturated carbocycles. The monoisotopic (exact) mass is 362 g/mol. The fourth-order valence-corrected chi connectivity index (χ4v) is 2.91. The minimum Gasteiger partial charge on any atom is -0.468 e. The number of carbonyl (C=O) groups is 2. The zero-order chi connectivity index (χ0) is 18.2. The van der Waals surface area contributed by atoms with Gasteiger partial charge in [0.1, 0.15) is 6.54 Å². The molecule has 134 valence electrons. The fraction of sp³-hybridized carbons (Fsp3) is 0.389. The Balaban J connectivity index is 2.02. The van der Waals surface area contributed by atoms with Gasteiger partial charge in [-0.05, 0) is 12.5 Å². The number of benzene rings is 1. The third-order valence-corrected chi connectivity index (χ3v) is 4.46. The van der Waals surface area contributed by atoms with Crippen LogP contribution in [0.15, 0.2) is 29.6 Å². The van der Waals surface area contributed by atoms with E-state index >= 15 is 0 Å². The lowest BCUT2D eigenvalue weighted by Gasteiger charge is -2.21. The number of carbonyl (C=O) groups excluding carboxylic acids is 2. The van der Waals surface area contributed by atoms with Crippen molar-refractivity contribution in [2.24, 2.45) is 0 Å². The second-order valence-corrected chi connectivity index (χ2v) is 6.57. The van der Waals surface area contributed by atoms with Crippen molar-refractivity contribution in [3.05, 3.63) is 40.2 Å². The summed E-state index contributed by atoms with van der Waals surface area (Å²) in [5, 5.41) is 3.03. The van der Waals surface area contributed by atoms with Crippen molar-refractivity contribution >= 4 is 23.2 Å². The van der Waals surface area contributed by atoms with Gasteiger partial charge in [0.2, 0.25) is 5.91 Å². The number of hydrogen-bond donors (Lipinski definition) is 0. The van der Waals surface area contributed by atoms with Gasteiger partial charge in [-0.3, -0.25) is 9.59 Å². The molecule has 1 heterocycles. The molecule has 0 aliphatic rings. The summed E-state index contributed by atoms with van der Waals surface area (Å²) >= 11 is 1.61. The first-order chi connectivity index (χ1) is 12.0. The predicted molar refractivity (Wildman–Crippen MR) is 96.5 cm³/mol. The smallest absolute Gasteiger partial charge is 0.325 e. The Kier molecular flexibility index (Phi) is 7.09. The summed E-state index contributed by atoms with van der Waals surface area (Å²) in [6, 6.07) is 7.73. The van der Waals surface area contributed by atoms with Gasteiger partial charge in [-0.2, -0.15) is 0 Å². The fourth-order valence-electron chi connectivity index (χ4n) is 2.29. The summed E-state index contributed by atoms with van der Waals surface area (Å²) in [5.74, 6) is -0.585. The molecule has 7 heteroatoms. The van der Waals surface area contributed by atoms with E-state index in [1.165, 1.54) is 12.0 Å². The van der Waals surface area contributed by atoms with Crippen molar-refractivity contribution in [2.45, 2.75) is 13.3 Å². The summed E-state index contributed by atoms with van der Waals surface area (Å²) in [6.45, 7) is 2.61. The van der Waals surface area contributed by atoms with Crippen molar-refractivity contribution in [3.63, 3.8) is 0 Å². The van der Waals surface area contributed by atoms with Crippen LogP contribution in [0.3, 0.4) is 0 Å². The van der Waals surface area contributed by atoms with E-state index in [1.54, 1.807) is 18.4 Å². The Morgan fingerprint density at radius 1 is 1.20 bits per heavy atom. The molecule has 2 rings (SSSR count). The number of amides is 1. The molecule has 0 aliphatic heterocycles. The van der Waals surface area contributed by atoms with Crippen LogP contribution < -0.4 is 0 Å². The quantitative estimate of drug-likeness (QED) is 0.674. The van der Waals surface area contributed by atoms with Crippen molar-refractivity contribution in [1.29, 1.82) is 0 Å². The molecule has 1 aromatic heterocycles. The van der Waals surface area contributed by atoms with Crippen LogP contribution in [-0.4, -0.2) is 55.7 Å². The van der Waals surface area contributed by atoms with Gasteiger partial charge in [-0.1, -0.05) is 24.3 Å². The van der Waals surface area contributed by atoms with Gasteiger partial charge < -0.3 is 14.4 Å². The molecule has 0 aliphatic carbocycles. The van der Waals surface area contributed by atoms with Gasteiger partial charge in [0, 0.05) is 24.6 Å². The molecule has 0 bridgehead atoms. The van der Waals surface area contributed by atoms with Gasteiger partial charge in [0.05, 0.1) is 30.8 Å². The van der Waals surface area contributed by atoms with Crippen LogP contribution in [-0.2, 0) is 25.5 Å². The largest absolute Gasteiger partial charge is 0.468 e. The molecule has 0 N–H and O–H groups in total. The Bertz CT molecular complexity index is 712. The first-order valence-electron chi connectivity index (χ1n) is 7.88. The summed E-state index contributed by atoms with van der Waals surface area (Å²) in [4.78, 5) is 29.9. The first-order valence-corrected chi connectivity index (χ1v) is 8.76. The Hall–Kier alpha value is -2.25. The highest BCUT2D eigenvalue weighted by Gasteiger charge is 2.17. The number of hydrogen-bond acceptors (Lipinski definition) is 6. The van der Waals surface area contributed by atoms with Crippen LogP contribution in [0.1, 0.15) is 10.6 Å². The second-order valence-electron chi connectivity index (χ2n) is 5.51. The van der Waals surface area contributed by atoms with Crippen LogP contribution in [0.25, 0.3) is 11.3 Å². The van der Waals surface area contributed by atoms with E-state index in [0.717, 1.165) is 21.8 Å². The second kappa shape index (κ2) is 9.29. The van der Waals surface area contributed by atoms with Crippen LogP contribution >= 0.6 is 11.3 Å². The number of aromatic nitrogens is 1. The minimum absolute atomic E-state index is 0.0745. The lowest BCUT2D eigenvalue weighted by atomic mass is 10.1. The number of nitrogens with zero attached hydrogens (tertiary/aromatic N) is 2. The van der Waals surface area contributed by atoms with E-state index in [0.29, 0.717) is 13.2 Å². The van der Waals surface area contributed by atoms with Crippen molar-refractivity contribution in [2.75, 3.05) is 33.9 Å². The van der Waals surface area contributed by atoms with Crippen LogP contribution in [0.2, 0.25) is 0 Å². The Morgan fingerprint density at radius 3 is 2.48 bits per heavy atom. The SMILES string of the molecule is COCCN(CC(=O)OC)C(=O)Cc1ccc(-c2csc(C)n2)cc1. The molecular weight excluding hydrogens is 340 g/mol. The number of rotatable bonds is 8. The third-order valence-electron chi connectivity index (χ3n) is 3.69. The number of thiazole rings is 1. The van der Waals surface area contributed by atoms with E-state index in [-0.39, 0.29) is 18.9 Å². The van der Waals surface area contributed by atoms with Gasteiger partial charge in [-0.15, -0.1) is 11.3 Å². The van der Waals surface area contributed by atoms with Gasteiger partial charge in [-0.25, -0.2) is 4.98 Å². The lowest BCUT2D eigenvalue weighted by molar-refractivity contribution is -0.147. The molecule has 0 fully saturated rings. The summed E-state index contributed by atoms with van der Waals surface area (Å²) < 4.78 is 9.65. The highest BCUT2D eigenvalue weighted by molar-refractivity contribution is 7.09. The van der Waals surface area contributed by atoms with Crippen molar-refractivity contribution in [1.82, 2.24) is 9.88 Å². The topological polar surface area (TPSA) is 68.7 Å². The standard InChI is InChI=1S/C18H22N2O4S/c1-13-19-16(12-25-13)15-6-4-14(5-7-15)10-17(21)20(8-9-23-2)11-18(22)24-3/h4-7,12H,8-11H2,1-3H3. The molecular formula is C18H22N2O4S. The number of ether oxygens (including phenoxy) is 2. The van der Waals surface area contributed by atoms with Crippen LogP contribution in [0, 0.1) is 6.92 Å².